The molecule has 1 heterocycles. The van der Waals surface area contributed by atoms with E-state index in [0.29, 0.717) is 0 Å². The second-order valence-electron chi connectivity index (χ2n) is 5.91. The van der Waals surface area contributed by atoms with Crippen LogP contribution in [0.1, 0.15) is 11.9 Å². The van der Waals surface area contributed by atoms with Gasteiger partial charge >= 0.3 is 0 Å². The van der Waals surface area contributed by atoms with Crippen molar-refractivity contribution in [1.82, 2.24) is 4.98 Å². The molecular formula is C20H21N3O2S. The molecule has 5 nitrogen and oxygen atoms in total. The fourth-order valence-electron chi connectivity index (χ4n) is 2.47. The summed E-state index contributed by atoms with van der Waals surface area (Å²) >= 11 is 1.63. The average molecular weight is 367 g/mol. The minimum Gasteiger partial charge on any atom is -0.497 e. The van der Waals surface area contributed by atoms with E-state index in [1.165, 1.54) is 0 Å². The number of aryl methyl sites for hydroxylation is 1. The highest BCUT2D eigenvalue weighted by molar-refractivity contribution is 7.09. The van der Waals surface area contributed by atoms with Gasteiger partial charge in [-0.05, 0) is 50.2 Å². The van der Waals surface area contributed by atoms with Crippen molar-refractivity contribution in [3.63, 3.8) is 0 Å². The molecule has 0 saturated carbocycles. The number of anilines is 2. The molecule has 6 heteroatoms. The Balaban J connectivity index is 1.59. The molecule has 3 aromatic rings. The summed E-state index contributed by atoms with van der Waals surface area (Å²) < 4.78 is 5.11. The van der Waals surface area contributed by atoms with Gasteiger partial charge in [0.25, 0.3) is 0 Å². The summed E-state index contributed by atoms with van der Waals surface area (Å²) in [5.74, 6) is 0.652. The van der Waals surface area contributed by atoms with E-state index in [0.717, 1.165) is 33.4 Å². The third kappa shape index (κ3) is 4.40. The summed E-state index contributed by atoms with van der Waals surface area (Å²) in [6, 6.07) is 14.8. The zero-order valence-electron chi connectivity index (χ0n) is 14.9. The Bertz CT molecular complexity index is 873. The van der Waals surface area contributed by atoms with Crippen LogP contribution in [-0.2, 0) is 4.79 Å². The van der Waals surface area contributed by atoms with Crippen LogP contribution in [0.3, 0.4) is 0 Å². The molecule has 0 aliphatic heterocycles. The Hall–Kier alpha value is -2.86. The number of carbonyl (C=O) groups excluding carboxylic acids is 1. The fraction of sp³-hybridized carbons (Fsp3) is 0.200. The van der Waals surface area contributed by atoms with Crippen molar-refractivity contribution in [2.45, 2.75) is 19.9 Å². The molecular weight excluding hydrogens is 346 g/mol. The lowest BCUT2D eigenvalue weighted by Crippen LogP contribution is -2.31. The number of nitrogens with zero attached hydrogens (tertiary/aromatic N) is 1. The van der Waals surface area contributed by atoms with Gasteiger partial charge in [0, 0.05) is 22.3 Å². The van der Waals surface area contributed by atoms with Crippen molar-refractivity contribution in [2.75, 3.05) is 17.7 Å². The quantitative estimate of drug-likeness (QED) is 0.670. The van der Waals surface area contributed by atoms with Gasteiger partial charge in [-0.1, -0.05) is 12.1 Å². The zero-order valence-corrected chi connectivity index (χ0v) is 15.8. The number of aromatic nitrogens is 1. The Kier molecular flexibility index (Phi) is 5.53. The molecule has 134 valence electrons. The number of methoxy groups -OCH3 is 1. The molecule has 0 saturated heterocycles. The predicted octanol–water partition coefficient (Wildman–Crippen LogP) is 4.57. The molecule has 0 bridgehead atoms. The first-order valence-electron chi connectivity index (χ1n) is 8.29. The van der Waals surface area contributed by atoms with Gasteiger partial charge in [-0.15, -0.1) is 11.3 Å². The summed E-state index contributed by atoms with van der Waals surface area (Å²) in [4.78, 5) is 16.8. The normalized spacial score (nSPS) is 11.7. The van der Waals surface area contributed by atoms with Crippen LogP contribution >= 0.6 is 11.3 Å². The van der Waals surface area contributed by atoms with Crippen LogP contribution in [0.15, 0.2) is 53.9 Å². The molecule has 0 spiro atoms. The first-order valence-corrected chi connectivity index (χ1v) is 9.17. The number of amides is 1. The van der Waals surface area contributed by atoms with Crippen molar-refractivity contribution in [3.8, 4) is 17.0 Å². The second kappa shape index (κ2) is 8.01. The molecule has 0 radical (unpaired) electrons. The van der Waals surface area contributed by atoms with Crippen LogP contribution in [0.4, 0.5) is 11.4 Å². The highest BCUT2D eigenvalue weighted by Crippen LogP contribution is 2.23. The maximum absolute atomic E-state index is 12.3. The average Bonchev–Trinajstić information content (AvgIpc) is 3.09. The van der Waals surface area contributed by atoms with Crippen molar-refractivity contribution in [2.24, 2.45) is 0 Å². The van der Waals surface area contributed by atoms with E-state index in [1.54, 1.807) is 18.4 Å². The first kappa shape index (κ1) is 17.9. The van der Waals surface area contributed by atoms with Gasteiger partial charge in [0.1, 0.15) is 11.8 Å². The summed E-state index contributed by atoms with van der Waals surface area (Å²) in [6.45, 7) is 3.82. The molecule has 0 aliphatic carbocycles. The second-order valence-corrected chi connectivity index (χ2v) is 6.98. The standard InChI is InChI=1S/C20H21N3O2S/c1-13(20(24)23-17-8-10-18(25-3)11-9-17)21-16-6-4-15(5-7-16)19-12-26-14(2)22-19/h4-13,21H,1-3H3,(H,23,24). The van der Waals surface area contributed by atoms with Crippen molar-refractivity contribution in [1.29, 1.82) is 0 Å². The van der Waals surface area contributed by atoms with E-state index < -0.39 is 0 Å². The van der Waals surface area contributed by atoms with Crippen LogP contribution < -0.4 is 15.4 Å². The van der Waals surface area contributed by atoms with Gasteiger partial charge in [-0.25, -0.2) is 4.98 Å². The number of rotatable bonds is 6. The minimum absolute atomic E-state index is 0.102. The Labute approximate surface area is 157 Å². The Morgan fingerprint density at radius 2 is 1.73 bits per heavy atom. The summed E-state index contributed by atoms with van der Waals surface area (Å²) in [7, 11) is 1.61. The van der Waals surface area contributed by atoms with Crippen LogP contribution in [0, 0.1) is 6.92 Å². The SMILES string of the molecule is COc1ccc(NC(=O)C(C)Nc2ccc(-c3csc(C)n3)cc2)cc1. The van der Waals surface area contributed by atoms with Gasteiger partial charge < -0.3 is 15.4 Å². The Morgan fingerprint density at radius 1 is 1.08 bits per heavy atom. The van der Waals surface area contributed by atoms with E-state index in [9.17, 15) is 4.79 Å². The van der Waals surface area contributed by atoms with Crippen LogP contribution in [0.25, 0.3) is 11.3 Å². The third-order valence-electron chi connectivity index (χ3n) is 3.93. The molecule has 26 heavy (non-hydrogen) atoms. The van der Waals surface area contributed by atoms with Crippen LogP contribution in [0.2, 0.25) is 0 Å². The van der Waals surface area contributed by atoms with Gasteiger partial charge in [-0.3, -0.25) is 4.79 Å². The Morgan fingerprint density at radius 3 is 2.31 bits per heavy atom. The third-order valence-corrected chi connectivity index (χ3v) is 4.71. The van der Waals surface area contributed by atoms with Crippen molar-refractivity contribution >= 4 is 28.6 Å². The zero-order chi connectivity index (χ0) is 18.5. The molecule has 0 fully saturated rings. The molecule has 1 amide bonds. The number of thiazole rings is 1. The summed E-state index contributed by atoms with van der Waals surface area (Å²) in [6.07, 6.45) is 0. The van der Waals surface area contributed by atoms with Gasteiger partial charge in [0.15, 0.2) is 0 Å². The topological polar surface area (TPSA) is 63.2 Å². The number of benzene rings is 2. The smallest absolute Gasteiger partial charge is 0.246 e. The first-order chi connectivity index (χ1) is 12.5. The van der Waals surface area contributed by atoms with Gasteiger partial charge in [-0.2, -0.15) is 0 Å². The number of hydrogen-bond acceptors (Lipinski definition) is 5. The van der Waals surface area contributed by atoms with Gasteiger partial charge in [0.05, 0.1) is 17.8 Å². The largest absolute Gasteiger partial charge is 0.497 e. The van der Waals surface area contributed by atoms with E-state index in [2.05, 4.69) is 15.6 Å². The van der Waals surface area contributed by atoms with Gasteiger partial charge in [0.2, 0.25) is 5.91 Å². The minimum atomic E-state index is -0.371. The molecule has 1 atom stereocenters. The maximum atomic E-state index is 12.3. The number of ether oxygens (including phenoxy) is 1. The van der Waals surface area contributed by atoms with Crippen LogP contribution in [0.5, 0.6) is 5.75 Å². The molecule has 2 N–H and O–H groups in total. The predicted molar refractivity (Wildman–Crippen MR) is 107 cm³/mol. The van der Waals surface area contributed by atoms with Crippen molar-refractivity contribution < 1.29 is 9.53 Å². The van der Waals surface area contributed by atoms with Crippen molar-refractivity contribution in [3.05, 3.63) is 58.9 Å². The van der Waals surface area contributed by atoms with E-state index in [1.807, 2.05) is 67.8 Å². The molecule has 0 aliphatic rings. The molecule has 1 unspecified atom stereocenters. The molecule has 2 aromatic carbocycles. The summed E-state index contributed by atoms with van der Waals surface area (Å²) in [5.41, 5.74) is 3.66. The van der Waals surface area contributed by atoms with E-state index in [-0.39, 0.29) is 11.9 Å². The summed E-state index contributed by atoms with van der Waals surface area (Å²) in [5, 5.41) is 9.19. The number of hydrogen-bond donors (Lipinski definition) is 2. The fourth-order valence-corrected chi connectivity index (χ4v) is 3.10. The maximum Gasteiger partial charge on any atom is 0.246 e. The lowest BCUT2D eigenvalue weighted by molar-refractivity contribution is -0.116. The monoisotopic (exact) mass is 367 g/mol. The number of carbonyl (C=O) groups is 1. The molecule has 1 aromatic heterocycles. The number of nitrogens with one attached hydrogen (secondary N) is 2. The van der Waals surface area contributed by atoms with E-state index >= 15 is 0 Å². The molecule has 3 rings (SSSR count). The van der Waals surface area contributed by atoms with Crippen LogP contribution in [-0.4, -0.2) is 24.0 Å². The highest BCUT2D eigenvalue weighted by Gasteiger charge is 2.13. The lowest BCUT2D eigenvalue weighted by atomic mass is 10.1. The lowest BCUT2D eigenvalue weighted by Gasteiger charge is -2.15. The highest BCUT2D eigenvalue weighted by atomic mass is 32.1. The van der Waals surface area contributed by atoms with E-state index in [4.69, 9.17) is 4.74 Å².